The van der Waals surface area contributed by atoms with Crippen LogP contribution in [0, 0.1) is 0 Å². The van der Waals surface area contributed by atoms with Crippen LogP contribution in [0.3, 0.4) is 0 Å². The average molecular weight is 318 g/mol. The Balaban J connectivity index is 2.07. The van der Waals surface area contributed by atoms with E-state index in [0.717, 1.165) is 0 Å². The van der Waals surface area contributed by atoms with E-state index in [4.69, 9.17) is 5.11 Å². The van der Waals surface area contributed by atoms with Crippen molar-refractivity contribution in [2.75, 3.05) is 0 Å². The fourth-order valence-corrected chi connectivity index (χ4v) is 2.72. The molecule has 0 aliphatic carbocycles. The Hall–Kier alpha value is -2.67. The number of carboxylic acids is 1. The van der Waals surface area contributed by atoms with E-state index in [1.165, 1.54) is 12.3 Å². The van der Waals surface area contributed by atoms with Gasteiger partial charge in [0.25, 0.3) is 10.0 Å². The maximum Gasteiger partial charge on any atom is 0.336 e. The minimum Gasteiger partial charge on any atom is -0.478 e. The molecule has 0 bridgehead atoms. The summed E-state index contributed by atoms with van der Waals surface area (Å²) in [5.41, 5.74) is 1.00. The van der Waals surface area contributed by atoms with Gasteiger partial charge in [0.2, 0.25) is 0 Å². The summed E-state index contributed by atoms with van der Waals surface area (Å²) < 4.78 is 23.7. The summed E-state index contributed by atoms with van der Waals surface area (Å²) in [5.74, 6) is -1.31. The summed E-state index contributed by atoms with van der Waals surface area (Å²) in [6.45, 7) is 0. The number of carbonyl (C=O) groups is 1. The Bertz CT molecular complexity index is 786. The number of benzene rings is 2. The van der Waals surface area contributed by atoms with Crippen molar-refractivity contribution in [1.82, 2.24) is 4.83 Å². The molecule has 0 saturated heterocycles. The third-order valence-electron chi connectivity index (χ3n) is 2.79. The Morgan fingerprint density at radius 1 is 1.09 bits per heavy atom. The Morgan fingerprint density at radius 3 is 2.41 bits per heavy atom. The van der Waals surface area contributed by atoms with Crippen molar-refractivity contribution in [2.24, 2.45) is 5.10 Å². The number of hydrogen-bond acceptors (Lipinski definition) is 4. The molecule has 0 spiro atoms. The second-order valence-electron chi connectivity index (χ2n) is 4.49. The molecule has 114 valence electrons. The van der Waals surface area contributed by atoms with Crippen molar-refractivity contribution in [3.63, 3.8) is 0 Å². The van der Waals surface area contributed by atoms with Crippen LogP contribution in [0.5, 0.6) is 0 Å². The van der Waals surface area contributed by atoms with Crippen LogP contribution in [0.1, 0.15) is 21.5 Å². The lowest BCUT2D eigenvalue weighted by molar-refractivity contribution is 0.0696. The second-order valence-corrected chi connectivity index (χ2v) is 6.19. The molecule has 0 aliphatic rings. The number of hydrogen-bond donors (Lipinski definition) is 2. The zero-order chi connectivity index (χ0) is 16.0. The van der Waals surface area contributed by atoms with Crippen molar-refractivity contribution in [1.29, 1.82) is 0 Å². The van der Waals surface area contributed by atoms with Crippen LogP contribution in [-0.2, 0) is 15.8 Å². The molecular formula is C15H14N2O4S. The first-order valence-corrected chi connectivity index (χ1v) is 8.02. The summed E-state index contributed by atoms with van der Waals surface area (Å²) in [5, 5.41) is 12.6. The number of aromatic carboxylic acids is 1. The highest BCUT2D eigenvalue weighted by Gasteiger charge is 2.10. The molecule has 0 fully saturated rings. The van der Waals surface area contributed by atoms with Gasteiger partial charge >= 0.3 is 5.97 Å². The normalized spacial score (nSPS) is 11.5. The van der Waals surface area contributed by atoms with Crippen LogP contribution in [-0.4, -0.2) is 25.7 Å². The van der Waals surface area contributed by atoms with Crippen LogP contribution in [0.25, 0.3) is 0 Å². The van der Waals surface area contributed by atoms with Crippen molar-refractivity contribution in [3.05, 3.63) is 71.3 Å². The minimum absolute atomic E-state index is 0.0495. The zero-order valence-corrected chi connectivity index (χ0v) is 12.3. The van der Waals surface area contributed by atoms with Crippen LogP contribution < -0.4 is 4.83 Å². The minimum atomic E-state index is -3.63. The summed E-state index contributed by atoms with van der Waals surface area (Å²) in [6, 6.07) is 14.9. The highest BCUT2D eigenvalue weighted by atomic mass is 32.2. The largest absolute Gasteiger partial charge is 0.478 e. The monoisotopic (exact) mass is 318 g/mol. The molecular weight excluding hydrogens is 304 g/mol. The smallest absolute Gasteiger partial charge is 0.336 e. The summed E-state index contributed by atoms with van der Waals surface area (Å²) in [4.78, 5) is 13.1. The predicted octanol–water partition coefficient (Wildman–Crippen LogP) is 1.84. The number of hydrazone groups is 1. The van der Waals surface area contributed by atoms with Gasteiger partial charge in [-0.15, -0.1) is 0 Å². The fourth-order valence-electron chi connectivity index (χ4n) is 1.81. The number of nitrogens with zero attached hydrogens (tertiary/aromatic N) is 1. The lowest BCUT2D eigenvalue weighted by Gasteiger charge is -2.04. The molecule has 0 radical (unpaired) electrons. The van der Waals surface area contributed by atoms with Crippen molar-refractivity contribution in [2.45, 2.75) is 5.75 Å². The Morgan fingerprint density at radius 2 is 1.73 bits per heavy atom. The quantitative estimate of drug-likeness (QED) is 0.627. The van der Waals surface area contributed by atoms with Gasteiger partial charge in [-0.2, -0.15) is 5.10 Å². The van der Waals surface area contributed by atoms with E-state index >= 15 is 0 Å². The van der Waals surface area contributed by atoms with Crippen LogP contribution in [0.2, 0.25) is 0 Å². The van der Waals surface area contributed by atoms with Crippen molar-refractivity contribution in [3.8, 4) is 0 Å². The summed E-state index contributed by atoms with van der Waals surface area (Å²) in [6.07, 6.45) is 1.17. The van der Waals surface area contributed by atoms with E-state index in [0.29, 0.717) is 11.1 Å². The van der Waals surface area contributed by atoms with Crippen LogP contribution in [0.15, 0.2) is 59.7 Å². The maximum absolute atomic E-state index is 11.9. The molecule has 0 aromatic heterocycles. The third kappa shape index (κ3) is 4.42. The number of carboxylic acid groups (broad SMARTS) is 1. The van der Waals surface area contributed by atoms with Crippen molar-refractivity contribution < 1.29 is 18.3 Å². The molecule has 2 rings (SSSR count). The second kappa shape index (κ2) is 6.86. The van der Waals surface area contributed by atoms with Gasteiger partial charge in [0, 0.05) is 5.56 Å². The first-order chi connectivity index (χ1) is 10.5. The number of sulfonamides is 1. The molecule has 0 aliphatic heterocycles. The van der Waals surface area contributed by atoms with Gasteiger partial charge in [-0.25, -0.2) is 18.0 Å². The topological polar surface area (TPSA) is 95.8 Å². The molecule has 0 heterocycles. The molecule has 22 heavy (non-hydrogen) atoms. The number of nitrogens with one attached hydrogen (secondary N) is 1. The van der Waals surface area contributed by atoms with Gasteiger partial charge in [-0.1, -0.05) is 48.5 Å². The van der Waals surface area contributed by atoms with Gasteiger partial charge in [-0.05, 0) is 11.6 Å². The van der Waals surface area contributed by atoms with E-state index < -0.39 is 16.0 Å². The Kier molecular flexibility index (Phi) is 4.90. The molecule has 6 nitrogen and oxygen atoms in total. The Labute approximate surface area is 128 Å². The summed E-state index contributed by atoms with van der Waals surface area (Å²) in [7, 11) is -3.63. The maximum atomic E-state index is 11.9. The van der Waals surface area contributed by atoms with E-state index in [1.807, 2.05) is 0 Å². The molecule has 7 heteroatoms. The molecule has 0 saturated carbocycles. The average Bonchev–Trinajstić information content (AvgIpc) is 2.48. The van der Waals surface area contributed by atoms with Gasteiger partial charge in [-0.3, -0.25) is 0 Å². The van der Waals surface area contributed by atoms with Gasteiger partial charge in [0.1, 0.15) is 0 Å². The van der Waals surface area contributed by atoms with E-state index in [2.05, 4.69) is 9.93 Å². The van der Waals surface area contributed by atoms with Crippen LogP contribution >= 0.6 is 0 Å². The zero-order valence-electron chi connectivity index (χ0n) is 11.5. The molecule has 0 unspecified atom stereocenters. The number of rotatable bonds is 6. The third-order valence-corrected chi connectivity index (χ3v) is 3.88. The molecule has 0 atom stereocenters. The summed E-state index contributed by atoms with van der Waals surface area (Å²) >= 11 is 0. The fraction of sp³-hybridized carbons (Fsp3) is 0.0667. The van der Waals surface area contributed by atoms with E-state index in [-0.39, 0.29) is 11.3 Å². The molecule has 2 N–H and O–H groups in total. The van der Waals surface area contributed by atoms with Crippen molar-refractivity contribution >= 4 is 22.2 Å². The standard InChI is InChI=1S/C15H14N2O4S/c18-15(19)14-9-5-4-8-13(14)10-16-17-22(20,21)11-12-6-2-1-3-7-12/h1-10,17H,11H2,(H,18,19)/b16-10+. The van der Waals surface area contributed by atoms with E-state index in [9.17, 15) is 13.2 Å². The highest BCUT2D eigenvalue weighted by Crippen LogP contribution is 2.07. The molecule has 2 aromatic rings. The SMILES string of the molecule is O=C(O)c1ccccc1/C=N/NS(=O)(=O)Cc1ccccc1. The van der Waals surface area contributed by atoms with E-state index in [1.54, 1.807) is 48.5 Å². The van der Waals surface area contributed by atoms with Crippen LogP contribution in [0.4, 0.5) is 0 Å². The first-order valence-electron chi connectivity index (χ1n) is 6.37. The molecule has 0 amide bonds. The predicted molar refractivity (Wildman–Crippen MR) is 83.2 cm³/mol. The lowest BCUT2D eigenvalue weighted by atomic mass is 10.1. The first kappa shape index (κ1) is 15.7. The molecule has 2 aromatic carbocycles. The van der Waals surface area contributed by atoms with Gasteiger partial charge < -0.3 is 5.11 Å². The van der Waals surface area contributed by atoms with Gasteiger partial charge in [0.05, 0.1) is 17.5 Å². The lowest BCUT2D eigenvalue weighted by Crippen LogP contribution is -2.20. The highest BCUT2D eigenvalue weighted by molar-refractivity contribution is 7.88. The van der Waals surface area contributed by atoms with Gasteiger partial charge in [0.15, 0.2) is 0 Å².